The molecule has 0 bridgehead atoms. The lowest BCUT2D eigenvalue weighted by Crippen LogP contribution is -2.29. The van der Waals surface area contributed by atoms with Crippen molar-refractivity contribution in [1.82, 2.24) is 0 Å². The van der Waals surface area contributed by atoms with Gasteiger partial charge in [-0.3, -0.25) is 19.2 Å². The van der Waals surface area contributed by atoms with Crippen LogP contribution in [0.25, 0.3) is 0 Å². The molecule has 214 valence electrons. The summed E-state index contributed by atoms with van der Waals surface area (Å²) in [6, 6.07) is 26.7. The van der Waals surface area contributed by atoms with Crippen molar-refractivity contribution in [3.8, 4) is 0 Å². The summed E-state index contributed by atoms with van der Waals surface area (Å²) in [6.07, 6.45) is 5.09. The summed E-state index contributed by atoms with van der Waals surface area (Å²) in [7, 11) is 0. The molecule has 0 saturated heterocycles. The molecule has 0 aromatic heterocycles. The number of nitrogens with zero attached hydrogens (tertiary/aromatic N) is 2. The van der Waals surface area contributed by atoms with Gasteiger partial charge < -0.3 is 0 Å². The van der Waals surface area contributed by atoms with Crippen LogP contribution < -0.4 is 9.80 Å². The molecule has 0 atom stereocenters. The van der Waals surface area contributed by atoms with Crippen LogP contribution in [-0.2, 0) is 30.0 Å². The van der Waals surface area contributed by atoms with E-state index in [1.165, 1.54) is 35.4 Å². The Balaban J connectivity index is 0.000000213. The molecule has 6 nitrogen and oxygen atoms in total. The normalized spacial score (nSPS) is 14.3. The minimum Gasteiger partial charge on any atom is -0.269 e. The molecule has 0 aliphatic carbocycles. The van der Waals surface area contributed by atoms with Gasteiger partial charge in [-0.15, -0.1) is 0 Å². The summed E-state index contributed by atoms with van der Waals surface area (Å²) in [5.74, 6) is -1.13. The molecule has 5 rings (SSSR count). The van der Waals surface area contributed by atoms with Gasteiger partial charge in [0.15, 0.2) is 0 Å². The van der Waals surface area contributed by atoms with Crippen LogP contribution in [0.15, 0.2) is 109 Å². The summed E-state index contributed by atoms with van der Waals surface area (Å²) in [5, 5.41) is 0. The van der Waals surface area contributed by atoms with E-state index in [1.807, 2.05) is 12.1 Å². The highest BCUT2D eigenvalue weighted by Gasteiger charge is 2.25. The number of benzene rings is 3. The first-order valence-electron chi connectivity index (χ1n) is 13.1. The van der Waals surface area contributed by atoms with Crippen LogP contribution in [0.3, 0.4) is 0 Å². The molecule has 3 aromatic carbocycles. The van der Waals surface area contributed by atoms with Crippen LogP contribution in [0.2, 0.25) is 0 Å². The predicted octanol–water partition coefficient (Wildman–Crippen LogP) is 7.15. The Bertz CT molecular complexity index is 1280. The fourth-order valence-electron chi connectivity index (χ4n) is 3.92. The second-order valence-electron chi connectivity index (χ2n) is 11.4. The molecule has 0 spiro atoms. The van der Waals surface area contributed by atoms with Gasteiger partial charge in [-0.25, -0.2) is 9.80 Å². The van der Waals surface area contributed by atoms with Gasteiger partial charge in [0.05, 0.1) is 11.4 Å². The molecule has 0 N–H and O–H groups in total. The van der Waals surface area contributed by atoms with Gasteiger partial charge in [0.1, 0.15) is 0 Å². The zero-order chi connectivity index (χ0) is 29.5. The topological polar surface area (TPSA) is 74.8 Å². The number of carbonyl (C=O) groups excluding carboxylic acids is 4. The van der Waals surface area contributed by atoms with Gasteiger partial charge in [-0.1, -0.05) is 110 Å². The molecule has 2 aliphatic rings. The minimum atomic E-state index is -0.281. The molecule has 6 heteroatoms. The molecule has 0 fully saturated rings. The van der Waals surface area contributed by atoms with Crippen molar-refractivity contribution in [2.75, 3.05) is 9.80 Å². The fraction of sp³-hybridized carbons (Fsp3) is 0.257. The highest BCUT2D eigenvalue weighted by molar-refractivity contribution is 6.28. The molecule has 0 radical (unpaired) electrons. The quantitative estimate of drug-likeness (QED) is 0.317. The monoisotopic (exact) mass is 552 g/mol. The van der Waals surface area contributed by atoms with Crippen molar-refractivity contribution in [2.24, 2.45) is 0 Å². The summed E-state index contributed by atoms with van der Waals surface area (Å²) in [6.45, 7) is 13.6. The number of amides is 4. The molecule has 41 heavy (non-hydrogen) atoms. The Hall–Kier alpha value is -4.58. The maximum atomic E-state index is 11.2. The molecular weight excluding hydrogens is 512 g/mol. The lowest BCUT2D eigenvalue weighted by molar-refractivity contribution is -0.121. The Morgan fingerprint density at radius 1 is 0.439 bits per heavy atom. The third-order valence-electron chi connectivity index (χ3n) is 6.24. The van der Waals surface area contributed by atoms with E-state index in [9.17, 15) is 19.2 Å². The van der Waals surface area contributed by atoms with Gasteiger partial charge in [0.25, 0.3) is 23.6 Å². The van der Waals surface area contributed by atoms with E-state index in [-0.39, 0.29) is 41.9 Å². The van der Waals surface area contributed by atoms with E-state index in [1.54, 1.807) is 48.5 Å². The SMILES string of the molecule is C.CC(C)(C)c1cccc(C(C)(C)C)c1.O=C1C=CC(=O)N1c1ccccc1.O=C1C=CC(=O)N1c1ccccc1. The fourth-order valence-corrected chi connectivity index (χ4v) is 3.92. The van der Waals surface area contributed by atoms with Crippen molar-refractivity contribution >= 4 is 35.0 Å². The molecule has 2 aliphatic heterocycles. The van der Waals surface area contributed by atoms with Gasteiger partial charge in [0.2, 0.25) is 0 Å². The van der Waals surface area contributed by atoms with Gasteiger partial charge in [-0.2, -0.15) is 0 Å². The lowest BCUT2D eigenvalue weighted by Gasteiger charge is -2.24. The molecule has 0 unspecified atom stereocenters. The van der Waals surface area contributed by atoms with E-state index in [4.69, 9.17) is 0 Å². The van der Waals surface area contributed by atoms with Gasteiger partial charge in [0, 0.05) is 24.3 Å². The summed E-state index contributed by atoms with van der Waals surface area (Å²) in [5.41, 5.74) is 4.57. The highest BCUT2D eigenvalue weighted by atomic mass is 16.2. The van der Waals surface area contributed by atoms with Crippen LogP contribution in [-0.4, -0.2) is 23.6 Å². The number of rotatable bonds is 2. The Kier molecular flexibility index (Phi) is 10.9. The Morgan fingerprint density at radius 2 is 0.732 bits per heavy atom. The zero-order valence-corrected chi connectivity index (χ0v) is 23.9. The average molecular weight is 553 g/mol. The van der Waals surface area contributed by atoms with Crippen LogP contribution in [0.5, 0.6) is 0 Å². The first-order chi connectivity index (χ1) is 18.8. The van der Waals surface area contributed by atoms with E-state index in [0.29, 0.717) is 11.4 Å². The van der Waals surface area contributed by atoms with Crippen LogP contribution in [0.4, 0.5) is 11.4 Å². The van der Waals surface area contributed by atoms with E-state index in [0.717, 1.165) is 9.80 Å². The van der Waals surface area contributed by atoms with Crippen molar-refractivity contribution in [1.29, 1.82) is 0 Å². The number of hydrogen-bond acceptors (Lipinski definition) is 4. The molecule has 4 amide bonds. The first kappa shape index (κ1) is 32.6. The average Bonchev–Trinajstić information content (AvgIpc) is 3.44. The number of para-hydroxylation sites is 2. The maximum absolute atomic E-state index is 11.2. The summed E-state index contributed by atoms with van der Waals surface area (Å²) >= 11 is 0. The summed E-state index contributed by atoms with van der Waals surface area (Å²) < 4.78 is 0. The predicted molar refractivity (Wildman–Crippen MR) is 167 cm³/mol. The highest BCUT2D eigenvalue weighted by Crippen LogP contribution is 2.28. The number of anilines is 2. The van der Waals surface area contributed by atoms with Gasteiger partial charge in [-0.05, 0) is 46.2 Å². The second kappa shape index (κ2) is 13.7. The molecule has 0 saturated carbocycles. The minimum absolute atomic E-state index is 0. The van der Waals surface area contributed by atoms with Gasteiger partial charge >= 0.3 is 0 Å². The van der Waals surface area contributed by atoms with E-state index < -0.39 is 0 Å². The Morgan fingerprint density at radius 3 is 1.00 bits per heavy atom. The second-order valence-corrected chi connectivity index (χ2v) is 11.4. The number of hydrogen-bond donors (Lipinski definition) is 0. The first-order valence-corrected chi connectivity index (χ1v) is 13.1. The van der Waals surface area contributed by atoms with Crippen LogP contribution in [0.1, 0.15) is 60.1 Å². The maximum Gasteiger partial charge on any atom is 0.258 e. The van der Waals surface area contributed by atoms with Crippen molar-refractivity contribution in [2.45, 2.75) is 59.8 Å². The molecule has 3 aromatic rings. The lowest BCUT2D eigenvalue weighted by atomic mass is 9.81. The Labute approximate surface area is 244 Å². The summed E-state index contributed by atoms with van der Waals surface area (Å²) in [4.78, 5) is 47.1. The van der Waals surface area contributed by atoms with Crippen molar-refractivity contribution in [3.05, 3.63) is 120 Å². The third-order valence-corrected chi connectivity index (χ3v) is 6.24. The standard InChI is InChI=1S/C14H22.2C10H7NO2.CH4/c1-13(2,3)11-8-7-9-12(10-11)14(4,5)6;2*12-9-6-7-10(13)11(9)8-4-2-1-3-5-8;/h7-10H,1-6H3;2*1-7H;1H4. The largest absolute Gasteiger partial charge is 0.269 e. The van der Waals surface area contributed by atoms with E-state index in [2.05, 4.69) is 65.8 Å². The zero-order valence-electron chi connectivity index (χ0n) is 23.9. The van der Waals surface area contributed by atoms with Crippen molar-refractivity contribution < 1.29 is 19.2 Å². The number of carbonyl (C=O) groups is 4. The van der Waals surface area contributed by atoms with E-state index >= 15 is 0 Å². The van der Waals surface area contributed by atoms with Crippen molar-refractivity contribution in [3.63, 3.8) is 0 Å². The smallest absolute Gasteiger partial charge is 0.258 e. The number of imide groups is 2. The van der Waals surface area contributed by atoms with Crippen LogP contribution in [0, 0.1) is 0 Å². The molecule has 2 heterocycles. The molecular formula is C35H40N2O4. The third kappa shape index (κ3) is 8.70. The van der Waals surface area contributed by atoms with Crippen LogP contribution >= 0.6 is 0 Å².